The molecular weight excluding hydrogens is 206 g/mol. The van der Waals surface area contributed by atoms with Gasteiger partial charge in [-0.1, -0.05) is 19.8 Å². The third-order valence-corrected chi connectivity index (χ3v) is 3.24. The van der Waals surface area contributed by atoms with E-state index in [4.69, 9.17) is 9.84 Å². The molecule has 0 bridgehead atoms. The van der Waals surface area contributed by atoms with Crippen LogP contribution in [0.15, 0.2) is 0 Å². The van der Waals surface area contributed by atoms with Crippen LogP contribution >= 0.6 is 0 Å². The minimum Gasteiger partial charge on any atom is -0.394 e. The Morgan fingerprint density at radius 1 is 1.38 bits per heavy atom. The number of amides is 1. The van der Waals surface area contributed by atoms with Crippen LogP contribution in [-0.2, 0) is 9.53 Å². The van der Waals surface area contributed by atoms with Crippen molar-refractivity contribution >= 4 is 5.91 Å². The molecule has 1 rings (SSSR count). The van der Waals surface area contributed by atoms with E-state index in [9.17, 15) is 4.79 Å². The molecule has 0 aromatic carbocycles. The van der Waals surface area contributed by atoms with Crippen LogP contribution in [0.3, 0.4) is 0 Å². The molecule has 0 aliphatic heterocycles. The fraction of sp³-hybridized carbons (Fsp3) is 0.917. The number of aliphatic hydroxyl groups excluding tert-OH is 1. The van der Waals surface area contributed by atoms with E-state index in [2.05, 4.69) is 12.2 Å². The summed E-state index contributed by atoms with van der Waals surface area (Å²) in [5, 5.41) is 11.5. The summed E-state index contributed by atoms with van der Waals surface area (Å²) in [4.78, 5) is 11.9. The molecule has 0 aromatic heterocycles. The maximum Gasteiger partial charge on any atom is 0.225 e. The van der Waals surface area contributed by atoms with E-state index in [0.717, 1.165) is 19.3 Å². The second-order valence-electron chi connectivity index (χ2n) is 4.71. The Bertz CT molecular complexity index is 212. The molecule has 0 spiro atoms. The number of ether oxygens (including phenoxy) is 1. The van der Waals surface area contributed by atoms with E-state index in [1.54, 1.807) is 0 Å². The van der Waals surface area contributed by atoms with E-state index >= 15 is 0 Å². The van der Waals surface area contributed by atoms with Crippen LogP contribution in [0.5, 0.6) is 0 Å². The quantitative estimate of drug-likeness (QED) is 0.642. The van der Waals surface area contributed by atoms with Gasteiger partial charge in [-0.3, -0.25) is 4.79 Å². The number of rotatable bonds is 7. The van der Waals surface area contributed by atoms with Gasteiger partial charge in [0, 0.05) is 18.6 Å². The lowest BCUT2D eigenvalue weighted by atomic mass is 9.88. The van der Waals surface area contributed by atoms with Gasteiger partial charge in [-0.2, -0.15) is 0 Å². The zero-order valence-corrected chi connectivity index (χ0v) is 10.1. The van der Waals surface area contributed by atoms with Gasteiger partial charge in [0.15, 0.2) is 0 Å². The first-order valence-corrected chi connectivity index (χ1v) is 6.16. The third-order valence-electron chi connectivity index (χ3n) is 3.24. The maximum absolute atomic E-state index is 11.9. The first-order chi connectivity index (χ1) is 7.69. The Morgan fingerprint density at radius 3 is 2.69 bits per heavy atom. The lowest BCUT2D eigenvalue weighted by Gasteiger charge is -2.22. The zero-order valence-electron chi connectivity index (χ0n) is 10.1. The maximum atomic E-state index is 11.9. The number of aliphatic hydroxyl groups is 1. The predicted molar refractivity (Wildman–Crippen MR) is 62.1 cm³/mol. The van der Waals surface area contributed by atoms with Crippen LogP contribution in [0, 0.1) is 5.41 Å². The Balaban J connectivity index is 2.06. The second-order valence-corrected chi connectivity index (χ2v) is 4.71. The van der Waals surface area contributed by atoms with Crippen molar-refractivity contribution in [2.45, 2.75) is 39.0 Å². The molecule has 4 nitrogen and oxygen atoms in total. The van der Waals surface area contributed by atoms with Crippen LogP contribution in [-0.4, -0.2) is 37.4 Å². The van der Waals surface area contributed by atoms with Crippen LogP contribution in [0.4, 0.5) is 0 Å². The molecule has 94 valence electrons. The molecule has 0 radical (unpaired) electrons. The Kier molecular flexibility index (Phi) is 5.77. The van der Waals surface area contributed by atoms with E-state index < -0.39 is 0 Å². The standard InChI is InChI=1S/C12H23NO3/c1-12(5-2-3-6-12)11(15)13-7-4-9-16-10-8-14/h14H,2-10H2,1H3,(H,13,15). The molecule has 4 heteroatoms. The van der Waals surface area contributed by atoms with Gasteiger partial charge in [-0.25, -0.2) is 0 Å². The molecule has 1 aliphatic carbocycles. The highest BCUT2D eigenvalue weighted by Crippen LogP contribution is 2.37. The van der Waals surface area contributed by atoms with Gasteiger partial charge in [0.05, 0.1) is 13.2 Å². The van der Waals surface area contributed by atoms with Gasteiger partial charge in [0.2, 0.25) is 5.91 Å². The Morgan fingerprint density at radius 2 is 2.06 bits per heavy atom. The number of nitrogens with one attached hydrogen (secondary N) is 1. The molecule has 1 saturated carbocycles. The van der Waals surface area contributed by atoms with Gasteiger partial charge >= 0.3 is 0 Å². The molecule has 0 unspecified atom stereocenters. The van der Waals surface area contributed by atoms with Crippen molar-refractivity contribution in [3.05, 3.63) is 0 Å². The SMILES string of the molecule is CC1(C(=O)NCCCOCCO)CCCC1. The first kappa shape index (κ1) is 13.5. The van der Waals surface area contributed by atoms with Crippen molar-refractivity contribution in [2.75, 3.05) is 26.4 Å². The van der Waals surface area contributed by atoms with E-state index in [1.807, 2.05) is 0 Å². The minimum atomic E-state index is -0.133. The summed E-state index contributed by atoms with van der Waals surface area (Å²) < 4.78 is 5.11. The molecule has 1 amide bonds. The number of carbonyl (C=O) groups excluding carboxylic acids is 1. The Hall–Kier alpha value is -0.610. The summed E-state index contributed by atoms with van der Waals surface area (Å²) in [6, 6.07) is 0. The van der Waals surface area contributed by atoms with Crippen molar-refractivity contribution in [1.29, 1.82) is 0 Å². The summed E-state index contributed by atoms with van der Waals surface area (Å²) in [5.74, 6) is 0.187. The normalized spacial score (nSPS) is 18.6. The fourth-order valence-electron chi connectivity index (χ4n) is 2.14. The number of carbonyl (C=O) groups is 1. The van der Waals surface area contributed by atoms with Crippen molar-refractivity contribution in [1.82, 2.24) is 5.32 Å². The lowest BCUT2D eigenvalue weighted by molar-refractivity contribution is -0.129. The monoisotopic (exact) mass is 229 g/mol. The summed E-state index contributed by atoms with van der Waals surface area (Å²) in [6.45, 7) is 3.76. The van der Waals surface area contributed by atoms with Gasteiger partial charge in [-0.05, 0) is 19.3 Å². The highest BCUT2D eigenvalue weighted by Gasteiger charge is 2.35. The third kappa shape index (κ3) is 4.10. The highest BCUT2D eigenvalue weighted by atomic mass is 16.5. The molecular formula is C12H23NO3. The van der Waals surface area contributed by atoms with Crippen LogP contribution in [0.2, 0.25) is 0 Å². The van der Waals surface area contributed by atoms with Crippen molar-refractivity contribution < 1.29 is 14.6 Å². The summed E-state index contributed by atoms with van der Waals surface area (Å²) in [7, 11) is 0. The first-order valence-electron chi connectivity index (χ1n) is 6.16. The largest absolute Gasteiger partial charge is 0.394 e. The molecule has 0 saturated heterocycles. The molecule has 1 aliphatic rings. The molecule has 16 heavy (non-hydrogen) atoms. The van der Waals surface area contributed by atoms with E-state index in [-0.39, 0.29) is 17.9 Å². The van der Waals surface area contributed by atoms with E-state index in [1.165, 1.54) is 12.8 Å². The Labute approximate surface area is 97.4 Å². The van der Waals surface area contributed by atoms with Crippen molar-refractivity contribution in [3.63, 3.8) is 0 Å². The average Bonchev–Trinajstić information content (AvgIpc) is 2.71. The lowest BCUT2D eigenvalue weighted by Crippen LogP contribution is -2.37. The van der Waals surface area contributed by atoms with Crippen LogP contribution < -0.4 is 5.32 Å². The molecule has 0 atom stereocenters. The summed E-state index contributed by atoms with van der Waals surface area (Å²) in [6.07, 6.45) is 5.18. The number of hydrogen-bond donors (Lipinski definition) is 2. The molecule has 2 N–H and O–H groups in total. The summed E-state index contributed by atoms with van der Waals surface area (Å²) >= 11 is 0. The average molecular weight is 229 g/mol. The van der Waals surface area contributed by atoms with Crippen LogP contribution in [0.25, 0.3) is 0 Å². The molecule has 0 aromatic rings. The minimum absolute atomic E-state index is 0.0600. The topological polar surface area (TPSA) is 58.6 Å². The van der Waals surface area contributed by atoms with E-state index in [0.29, 0.717) is 19.8 Å². The second kappa shape index (κ2) is 6.86. The van der Waals surface area contributed by atoms with Crippen LogP contribution in [0.1, 0.15) is 39.0 Å². The van der Waals surface area contributed by atoms with Gasteiger partial charge in [0.25, 0.3) is 0 Å². The smallest absolute Gasteiger partial charge is 0.225 e. The molecule has 1 fully saturated rings. The van der Waals surface area contributed by atoms with Crippen molar-refractivity contribution in [3.8, 4) is 0 Å². The van der Waals surface area contributed by atoms with Crippen molar-refractivity contribution in [2.24, 2.45) is 5.41 Å². The molecule has 0 heterocycles. The summed E-state index contributed by atoms with van der Waals surface area (Å²) in [5.41, 5.74) is -0.133. The highest BCUT2D eigenvalue weighted by molar-refractivity contribution is 5.82. The zero-order chi connectivity index (χ0) is 11.9. The van der Waals surface area contributed by atoms with Gasteiger partial charge in [0.1, 0.15) is 0 Å². The predicted octanol–water partition coefficient (Wildman–Crippen LogP) is 1.08. The van der Waals surface area contributed by atoms with Gasteiger partial charge in [-0.15, -0.1) is 0 Å². The number of hydrogen-bond acceptors (Lipinski definition) is 3. The van der Waals surface area contributed by atoms with Gasteiger partial charge < -0.3 is 15.2 Å². The fourth-order valence-corrected chi connectivity index (χ4v) is 2.14.